The van der Waals surface area contributed by atoms with Gasteiger partial charge in [0.2, 0.25) is 5.13 Å². The van der Waals surface area contributed by atoms with Crippen LogP contribution in [0.3, 0.4) is 0 Å². The van der Waals surface area contributed by atoms with Crippen LogP contribution in [0.15, 0.2) is 43.3 Å². The number of nitrogens with one attached hydrogen (secondary N) is 1. The first-order valence-corrected chi connectivity index (χ1v) is 10.0. The van der Waals surface area contributed by atoms with Gasteiger partial charge in [-0.25, -0.2) is 4.99 Å². The number of anilines is 1. The molecule has 2 unspecified atom stereocenters. The van der Waals surface area contributed by atoms with Crippen LogP contribution < -0.4 is 5.32 Å². The van der Waals surface area contributed by atoms with Crippen molar-refractivity contribution in [1.82, 2.24) is 10.2 Å². The van der Waals surface area contributed by atoms with Gasteiger partial charge in [-0.05, 0) is 28.6 Å². The molecule has 2 aromatic rings. The Morgan fingerprint density at radius 1 is 1.35 bits per heavy atom. The van der Waals surface area contributed by atoms with Gasteiger partial charge < -0.3 is 0 Å². The number of fused-ring (bicyclic) bond motifs is 1. The average Bonchev–Trinajstić information content (AvgIpc) is 3.29. The molecule has 23 heavy (non-hydrogen) atoms. The molecule has 6 nitrogen and oxygen atoms in total. The third kappa shape index (κ3) is 3.25. The first-order valence-electron chi connectivity index (χ1n) is 6.57. The summed E-state index contributed by atoms with van der Waals surface area (Å²) in [6.45, 7) is 0. The number of aromatic nitrogens is 2. The number of carbonyl (C=O) groups is 1. The minimum Gasteiger partial charge on any atom is -0.296 e. The first kappa shape index (κ1) is 15.1. The number of hydrogen-bond donors (Lipinski definition) is 1. The number of hydrogen-bond acceptors (Lipinski definition) is 9. The number of amides is 1. The molecule has 0 bridgehead atoms. The number of rotatable bonds is 3. The minimum atomic E-state index is -0.162. The summed E-state index contributed by atoms with van der Waals surface area (Å²) >= 11 is 5.93. The molecule has 116 valence electrons. The van der Waals surface area contributed by atoms with Crippen molar-refractivity contribution in [3.63, 3.8) is 0 Å². The molecule has 0 radical (unpaired) electrons. The predicted octanol–water partition coefficient (Wildman–Crippen LogP) is 3.38. The molecule has 0 aliphatic carbocycles. The maximum atomic E-state index is 12.0. The number of aliphatic imine (C=N–C) groups is 2. The Labute approximate surface area is 148 Å². The summed E-state index contributed by atoms with van der Waals surface area (Å²) in [6, 6.07) is 3.77. The predicted molar refractivity (Wildman–Crippen MR) is 98.3 cm³/mol. The summed E-state index contributed by atoms with van der Waals surface area (Å²) in [4.78, 5) is 21.3. The summed E-state index contributed by atoms with van der Waals surface area (Å²) in [5, 5.41) is 16.5. The van der Waals surface area contributed by atoms with Crippen LogP contribution in [0.1, 0.15) is 9.67 Å². The highest BCUT2D eigenvalue weighted by molar-refractivity contribution is 8.17. The Hall–Kier alpha value is -1.49. The van der Waals surface area contributed by atoms with Crippen LogP contribution >= 0.6 is 46.2 Å². The van der Waals surface area contributed by atoms with Gasteiger partial charge in [0.25, 0.3) is 5.91 Å². The summed E-state index contributed by atoms with van der Waals surface area (Å²) in [5.74, 6) is -0.162. The monoisotopic (exact) mass is 379 g/mol. The Balaban J connectivity index is 1.43. The highest BCUT2D eigenvalue weighted by Crippen LogP contribution is 2.37. The zero-order chi connectivity index (χ0) is 15.6. The van der Waals surface area contributed by atoms with Crippen molar-refractivity contribution in [2.24, 2.45) is 9.98 Å². The van der Waals surface area contributed by atoms with E-state index in [2.05, 4.69) is 37.0 Å². The number of nitrogens with zero attached hydrogens (tertiary/aromatic N) is 4. The van der Waals surface area contributed by atoms with Crippen LogP contribution in [-0.2, 0) is 0 Å². The van der Waals surface area contributed by atoms with E-state index < -0.39 is 0 Å². The Kier molecular flexibility index (Phi) is 4.29. The molecule has 0 aromatic carbocycles. The highest BCUT2D eigenvalue weighted by Gasteiger charge is 2.31. The normalized spacial score (nSPS) is 22.0. The molecule has 0 spiro atoms. The molecular formula is C13H9N5OS4. The van der Waals surface area contributed by atoms with Gasteiger partial charge in [-0.15, -0.1) is 33.3 Å². The van der Waals surface area contributed by atoms with Crippen molar-refractivity contribution in [2.45, 2.75) is 15.6 Å². The lowest BCUT2D eigenvalue weighted by atomic mass is 10.2. The molecule has 2 aliphatic heterocycles. The van der Waals surface area contributed by atoms with Crippen LogP contribution in [0.25, 0.3) is 0 Å². The maximum Gasteiger partial charge on any atom is 0.267 e. The van der Waals surface area contributed by atoms with Gasteiger partial charge >= 0.3 is 0 Å². The number of thioether (sulfide) groups is 2. The second kappa shape index (κ2) is 6.56. The summed E-state index contributed by atoms with van der Waals surface area (Å²) in [5.41, 5.74) is 0. The summed E-state index contributed by atoms with van der Waals surface area (Å²) in [7, 11) is 0. The van der Waals surface area contributed by atoms with Crippen LogP contribution in [0.4, 0.5) is 5.13 Å². The van der Waals surface area contributed by atoms with Crippen molar-refractivity contribution >= 4 is 68.6 Å². The molecular weight excluding hydrogens is 370 g/mol. The van der Waals surface area contributed by atoms with E-state index in [0.717, 1.165) is 9.38 Å². The van der Waals surface area contributed by atoms with Crippen molar-refractivity contribution in [3.8, 4) is 0 Å². The Bertz CT molecular complexity index is 810. The average molecular weight is 380 g/mol. The topological polar surface area (TPSA) is 79.6 Å². The Morgan fingerprint density at radius 2 is 2.30 bits per heavy atom. The van der Waals surface area contributed by atoms with E-state index in [4.69, 9.17) is 0 Å². The second-order valence-electron chi connectivity index (χ2n) is 4.51. The van der Waals surface area contributed by atoms with Gasteiger partial charge in [0.15, 0.2) is 4.34 Å². The zero-order valence-corrected chi connectivity index (χ0v) is 14.7. The third-order valence-electron chi connectivity index (χ3n) is 3.04. The van der Waals surface area contributed by atoms with Gasteiger partial charge in [0.1, 0.15) is 6.34 Å². The van der Waals surface area contributed by atoms with Crippen LogP contribution in [0, 0.1) is 0 Å². The smallest absolute Gasteiger partial charge is 0.267 e. The number of carbonyl (C=O) groups excluding carboxylic acids is 1. The molecule has 2 aliphatic rings. The molecule has 0 saturated heterocycles. The fourth-order valence-electron chi connectivity index (χ4n) is 2.01. The van der Waals surface area contributed by atoms with Crippen molar-refractivity contribution in [3.05, 3.63) is 33.9 Å². The standard InChI is InChI=1S/C13H9N5OS4/c19-10(8-2-1-4-20-8)16-12-17-18-13(23-12)22-11-9-7(3-5-21-9)14-6-15-11/h1-7,9H,(H,16,17,19). The minimum absolute atomic E-state index is 0.158. The van der Waals surface area contributed by atoms with Crippen LogP contribution in [0.2, 0.25) is 0 Å². The van der Waals surface area contributed by atoms with Gasteiger partial charge in [-0.3, -0.25) is 15.1 Å². The molecule has 1 N–H and O–H groups in total. The van der Waals surface area contributed by atoms with Crippen LogP contribution in [-0.4, -0.2) is 38.8 Å². The fourth-order valence-corrected chi connectivity index (χ4v) is 5.60. The van der Waals surface area contributed by atoms with E-state index in [1.54, 1.807) is 24.2 Å². The van der Waals surface area contributed by atoms with Gasteiger partial charge in [0, 0.05) is 0 Å². The van der Waals surface area contributed by atoms with E-state index >= 15 is 0 Å². The SMILES string of the molecule is O=C(Nc1nnc(SC2=NC=NC3C=CSC23)s1)c1cccs1. The second-order valence-corrected chi connectivity index (χ2v) is 8.76. The fraction of sp³-hybridized carbons (Fsp3) is 0.154. The molecule has 4 heterocycles. The third-order valence-corrected chi connectivity index (χ3v) is 7.13. The van der Waals surface area contributed by atoms with Crippen molar-refractivity contribution in [2.75, 3.05) is 5.32 Å². The van der Waals surface area contributed by atoms with Gasteiger partial charge in [-0.2, -0.15) is 0 Å². The van der Waals surface area contributed by atoms with E-state index in [1.807, 2.05) is 11.4 Å². The lowest BCUT2D eigenvalue weighted by Crippen LogP contribution is -2.26. The molecule has 2 atom stereocenters. The molecule has 2 aromatic heterocycles. The zero-order valence-electron chi connectivity index (χ0n) is 11.4. The molecule has 1 amide bonds. The van der Waals surface area contributed by atoms with Crippen molar-refractivity contribution in [1.29, 1.82) is 0 Å². The van der Waals surface area contributed by atoms with E-state index in [-0.39, 0.29) is 17.2 Å². The first-order chi connectivity index (χ1) is 11.3. The van der Waals surface area contributed by atoms with E-state index in [0.29, 0.717) is 10.0 Å². The molecule has 0 saturated carbocycles. The molecule has 4 rings (SSSR count). The van der Waals surface area contributed by atoms with Crippen molar-refractivity contribution < 1.29 is 4.79 Å². The van der Waals surface area contributed by atoms with E-state index in [9.17, 15) is 4.79 Å². The van der Waals surface area contributed by atoms with Gasteiger partial charge in [0.05, 0.1) is 21.2 Å². The van der Waals surface area contributed by atoms with E-state index in [1.165, 1.54) is 34.4 Å². The lowest BCUT2D eigenvalue weighted by molar-refractivity contribution is 0.103. The molecule has 0 fully saturated rings. The summed E-state index contributed by atoms with van der Waals surface area (Å²) in [6.07, 6.45) is 3.67. The molecule has 10 heteroatoms. The Morgan fingerprint density at radius 3 is 3.17 bits per heavy atom. The lowest BCUT2D eigenvalue weighted by Gasteiger charge is -2.18. The van der Waals surface area contributed by atoms with Crippen LogP contribution in [0.5, 0.6) is 0 Å². The summed E-state index contributed by atoms with van der Waals surface area (Å²) < 4.78 is 0.756. The largest absolute Gasteiger partial charge is 0.296 e. The highest BCUT2D eigenvalue weighted by atomic mass is 32.2. The maximum absolute atomic E-state index is 12.0. The van der Waals surface area contributed by atoms with Gasteiger partial charge in [-0.1, -0.05) is 23.5 Å². The quantitative estimate of drug-likeness (QED) is 0.827. The number of thiophene rings is 1.